The lowest BCUT2D eigenvalue weighted by atomic mass is 10.1. The Hall–Kier alpha value is -3.98. The molecule has 0 bridgehead atoms. The number of hydrogen-bond acceptors (Lipinski definition) is 6. The van der Waals surface area contributed by atoms with E-state index in [9.17, 15) is 24.5 Å². The number of carbonyl (C=O) groups is 2. The van der Waals surface area contributed by atoms with Crippen LogP contribution in [-0.4, -0.2) is 28.0 Å². The first-order valence-electron chi connectivity index (χ1n) is 9.49. The van der Waals surface area contributed by atoms with Crippen molar-refractivity contribution in [2.24, 2.45) is 0 Å². The molecule has 0 fully saturated rings. The first-order chi connectivity index (χ1) is 15.3. The van der Waals surface area contributed by atoms with Crippen LogP contribution in [-0.2, 0) is 11.3 Å². The van der Waals surface area contributed by atoms with Gasteiger partial charge in [0.2, 0.25) is 0 Å². The minimum absolute atomic E-state index is 0.0806. The maximum Gasteiger partial charge on any atom is 0.338 e. The summed E-state index contributed by atoms with van der Waals surface area (Å²) in [4.78, 5) is 47.5. The fourth-order valence-electron chi connectivity index (χ4n) is 2.94. The van der Waals surface area contributed by atoms with Gasteiger partial charge in [0.15, 0.2) is 0 Å². The van der Waals surface area contributed by atoms with Gasteiger partial charge in [0.05, 0.1) is 29.3 Å². The minimum Gasteiger partial charge on any atom is -0.462 e. The number of benzene rings is 2. The normalized spacial score (nSPS) is 10.4. The number of nitro benzene ring substituents is 1. The summed E-state index contributed by atoms with van der Waals surface area (Å²) in [7, 11) is 0. The van der Waals surface area contributed by atoms with Crippen LogP contribution in [0.25, 0.3) is 0 Å². The Morgan fingerprint density at radius 2 is 1.88 bits per heavy atom. The monoisotopic (exact) mass is 455 g/mol. The van der Waals surface area contributed by atoms with Crippen molar-refractivity contribution < 1.29 is 19.2 Å². The molecule has 1 heterocycles. The lowest BCUT2D eigenvalue weighted by Gasteiger charge is -2.11. The van der Waals surface area contributed by atoms with Gasteiger partial charge < -0.3 is 14.6 Å². The zero-order chi connectivity index (χ0) is 23.3. The van der Waals surface area contributed by atoms with Crippen molar-refractivity contribution in [3.63, 3.8) is 0 Å². The van der Waals surface area contributed by atoms with Crippen LogP contribution in [0.3, 0.4) is 0 Å². The van der Waals surface area contributed by atoms with Crippen LogP contribution in [0.2, 0.25) is 5.02 Å². The number of pyridine rings is 1. The highest BCUT2D eigenvalue weighted by Crippen LogP contribution is 2.20. The molecule has 0 aliphatic heterocycles. The van der Waals surface area contributed by atoms with Crippen LogP contribution in [0.1, 0.15) is 33.2 Å². The number of nitrogens with one attached hydrogen (secondary N) is 1. The van der Waals surface area contributed by atoms with Crippen LogP contribution >= 0.6 is 11.6 Å². The van der Waals surface area contributed by atoms with Crippen LogP contribution in [0, 0.1) is 10.1 Å². The van der Waals surface area contributed by atoms with Crippen LogP contribution in [0.5, 0.6) is 0 Å². The summed E-state index contributed by atoms with van der Waals surface area (Å²) < 4.78 is 6.26. The van der Waals surface area contributed by atoms with Gasteiger partial charge in [0.25, 0.3) is 17.2 Å². The van der Waals surface area contributed by atoms with E-state index in [2.05, 4.69) is 5.32 Å². The highest BCUT2D eigenvalue weighted by Gasteiger charge is 2.19. The Morgan fingerprint density at radius 3 is 2.56 bits per heavy atom. The van der Waals surface area contributed by atoms with Gasteiger partial charge >= 0.3 is 5.97 Å². The molecule has 0 atom stereocenters. The molecule has 10 heteroatoms. The van der Waals surface area contributed by atoms with E-state index in [4.69, 9.17) is 16.3 Å². The third-order valence-corrected chi connectivity index (χ3v) is 4.62. The summed E-state index contributed by atoms with van der Waals surface area (Å²) in [6.07, 6.45) is 1.45. The van der Waals surface area contributed by atoms with Crippen LogP contribution in [0.15, 0.2) is 65.6 Å². The lowest BCUT2D eigenvalue weighted by molar-refractivity contribution is -0.384. The summed E-state index contributed by atoms with van der Waals surface area (Å²) >= 11 is 5.98. The molecule has 164 valence electrons. The number of carbonyl (C=O) groups excluding carboxylic acids is 2. The fourth-order valence-corrected chi connectivity index (χ4v) is 3.16. The summed E-state index contributed by atoms with van der Waals surface area (Å²) in [5.74, 6) is -1.47. The molecule has 3 aromatic rings. The maximum atomic E-state index is 12.7. The quantitative estimate of drug-likeness (QED) is 0.328. The van der Waals surface area contributed by atoms with E-state index in [0.29, 0.717) is 10.7 Å². The highest BCUT2D eigenvalue weighted by atomic mass is 35.5. The van der Waals surface area contributed by atoms with Gasteiger partial charge in [0, 0.05) is 35.0 Å². The van der Waals surface area contributed by atoms with Gasteiger partial charge in [-0.3, -0.25) is 19.7 Å². The first-order valence-corrected chi connectivity index (χ1v) is 9.87. The number of ether oxygens (including phenoxy) is 1. The lowest BCUT2D eigenvalue weighted by Crippen LogP contribution is -2.21. The molecule has 1 amide bonds. The van der Waals surface area contributed by atoms with Gasteiger partial charge in [-0.2, -0.15) is 0 Å². The summed E-state index contributed by atoms with van der Waals surface area (Å²) in [5, 5.41) is 14.3. The number of amides is 1. The topological polar surface area (TPSA) is 121 Å². The Balaban J connectivity index is 1.87. The van der Waals surface area contributed by atoms with E-state index >= 15 is 0 Å². The maximum absolute atomic E-state index is 12.7. The molecule has 2 aromatic carbocycles. The van der Waals surface area contributed by atoms with E-state index < -0.39 is 22.5 Å². The summed E-state index contributed by atoms with van der Waals surface area (Å²) in [6, 6.07) is 13.0. The Morgan fingerprint density at radius 1 is 1.12 bits per heavy atom. The smallest absolute Gasteiger partial charge is 0.338 e. The van der Waals surface area contributed by atoms with Crippen molar-refractivity contribution >= 4 is 34.9 Å². The first kappa shape index (κ1) is 22.7. The predicted octanol–water partition coefficient (Wildman–Crippen LogP) is 3.89. The molecule has 0 unspecified atom stereocenters. The molecule has 0 saturated heterocycles. The van der Waals surface area contributed by atoms with Crippen LogP contribution in [0.4, 0.5) is 11.4 Å². The second kappa shape index (κ2) is 9.88. The average Bonchev–Trinajstić information content (AvgIpc) is 2.76. The third-order valence-electron chi connectivity index (χ3n) is 4.39. The molecule has 1 aromatic heterocycles. The molecule has 0 aliphatic rings. The SMILES string of the molecule is CCOC(=O)c1cc(C(=O)Nc2ccc(=O)n(Cc3cccc(Cl)c3)c2)cc([N+](=O)[O-])c1. The highest BCUT2D eigenvalue weighted by molar-refractivity contribution is 6.30. The minimum atomic E-state index is -0.777. The van der Waals surface area contributed by atoms with Gasteiger partial charge in [-0.15, -0.1) is 0 Å². The molecular formula is C22H18ClN3O6. The number of esters is 1. The van der Waals surface area contributed by atoms with E-state index in [1.165, 1.54) is 29.0 Å². The van der Waals surface area contributed by atoms with Gasteiger partial charge in [-0.1, -0.05) is 23.7 Å². The number of rotatable bonds is 7. The van der Waals surface area contributed by atoms with Crippen molar-refractivity contribution in [3.8, 4) is 0 Å². The van der Waals surface area contributed by atoms with E-state index in [-0.39, 0.29) is 29.8 Å². The summed E-state index contributed by atoms with van der Waals surface area (Å²) in [5.41, 5.74) is 0.156. The predicted molar refractivity (Wildman–Crippen MR) is 118 cm³/mol. The fraction of sp³-hybridized carbons (Fsp3) is 0.136. The van der Waals surface area contributed by atoms with Gasteiger partial charge in [-0.05, 0) is 36.8 Å². The number of hydrogen-bond donors (Lipinski definition) is 1. The van der Waals surface area contributed by atoms with Gasteiger partial charge in [0.1, 0.15) is 0 Å². The van der Waals surface area contributed by atoms with Crippen molar-refractivity contribution in [1.29, 1.82) is 0 Å². The number of nitro groups is 1. The summed E-state index contributed by atoms with van der Waals surface area (Å²) in [6.45, 7) is 1.91. The number of halogens is 1. The second-order valence-electron chi connectivity index (χ2n) is 6.71. The standard InChI is InChI=1S/C22H18ClN3O6/c1-2-32-22(29)16-9-15(10-19(11-16)26(30)31)21(28)24-18-6-7-20(27)25(13-18)12-14-4-3-5-17(23)8-14/h3-11,13H,2,12H2,1H3,(H,24,28). The Bertz CT molecular complexity index is 1250. The van der Waals surface area contributed by atoms with E-state index in [1.54, 1.807) is 25.1 Å². The number of nitrogens with zero attached hydrogens (tertiary/aromatic N) is 2. The second-order valence-corrected chi connectivity index (χ2v) is 7.15. The molecule has 1 N–H and O–H groups in total. The third kappa shape index (κ3) is 5.58. The van der Waals surface area contributed by atoms with E-state index in [0.717, 1.165) is 17.7 Å². The molecular weight excluding hydrogens is 438 g/mol. The molecule has 0 saturated carbocycles. The number of aromatic nitrogens is 1. The molecule has 9 nitrogen and oxygen atoms in total. The average molecular weight is 456 g/mol. The molecule has 0 spiro atoms. The van der Waals surface area contributed by atoms with E-state index in [1.807, 2.05) is 6.07 Å². The van der Waals surface area contributed by atoms with Crippen molar-refractivity contribution in [2.75, 3.05) is 11.9 Å². The number of anilines is 1. The van der Waals surface area contributed by atoms with Crippen LogP contribution < -0.4 is 10.9 Å². The molecule has 0 radical (unpaired) electrons. The van der Waals surface area contributed by atoms with Crippen molar-refractivity contribution in [2.45, 2.75) is 13.5 Å². The molecule has 32 heavy (non-hydrogen) atoms. The zero-order valence-electron chi connectivity index (χ0n) is 16.9. The Labute approximate surface area is 187 Å². The van der Waals surface area contributed by atoms with Crippen molar-refractivity contribution in [1.82, 2.24) is 4.57 Å². The zero-order valence-corrected chi connectivity index (χ0v) is 17.7. The molecule has 3 rings (SSSR count). The Kier molecular flexibility index (Phi) is 7.01. The van der Waals surface area contributed by atoms with Crippen molar-refractivity contribution in [3.05, 3.63) is 103 Å². The largest absolute Gasteiger partial charge is 0.462 e. The number of non-ortho nitro benzene ring substituents is 1. The van der Waals surface area contributed by atoms with Gasteiger partial charge in [-0.25, -0.2) is 4.79 Å². The molecule has 0 aliphatic carbocycles.